The van der Waals surface area contributed by atoms with E-state index in [9.17, 15) is 4.79 Å². The first-order valence-corrected chi connectivity index (χ1v) is 8.54. The second kappa shape index (κ2) is 7.94. The molecule has 1 aromatic carbocycles. The molecule has 0 saturated heterocycles. The van der Waals surface area contributed by atoms with Gasteiger partial charge in [-0.05, 0) is 36.1 Å². The minimum absolute atomic E-state index is 0.321. The summed E-state index contributed by atoms with van der Waals surface area (Å²) in [6, 6.07) is 8.88. The van der Waals surface area contributed by atoms with Crippen molar-refractivity contribution in [2.24, 2.45) is 0 Å². The summed E-state index contributed by atoms with van der Waals surface area (Å²) in [5, 5.41) is 5.75. The van der Waals surface area contributed by atoms with E-state index in [1.54, 1.807) is 24.3 Å². The average molecular weight is 389 g/mol. The van der Waals surface area contributed by atoms with E-state index in [-0.39, 0.29) is 5.97 Å². The van der Waals surface area contributed by atoms with Crippen molar-refractivity contribution in [1.82, 2.24) is 5.32 Å². The van der Waals surface area contributed by atoms with Gasteiger partial charge in [0.25, 0.3) is 0 Å². The maximum absolute atomic E-state index is 12.2. The summed E-state index contributed by atoms with van der Waals surface area (Å²) in [4.78, 5) is 13.3. The molecule has 1 atom stereocenters. The molecule has 21 heavy (non-hydrogen) atoms. The van der Waals surface area contributed by atoms with E-state index in [1.807, 2.05) is 29.6 Å². The number of nitrogens with one attached hydrogen (secondary N) is 1. The zero-order chi connectivity index (χ0) is 15.2. The van der Waals surface area contributed by atoms with Crippen LogP contribution >= 0.6 is 38.9 Å². The van der Waals surface area contributed by atoms with Crippen molar-refractivity contribution >= 4 is 44.8 Å². The van der Waals surface area contributed by atoms with Crippen molar-refractivity contribution in [3.8, 4) is 0 Å². The smallest absolute Gasteiger partial charge is 0.327 e. The van der Waals surface area contributed by atoms with E-state index < -0.39 is 6.04 Å². The number of thiophene rings is 1. The minimum atomic E-state index is -0.576. The number of benzene rings is 1. The molecule has 0 bridgehead atoms. The topological polar surface area (TPSA) is 38.3 Å². The molecular formula is C15H15BrClNO2S. The molecule has 1 heterocycles. The SMILES string of the molecule is CCOC(=O)C(NCc1cccs1)c1ccc(Br)cc1Cl. The third kappa shape index (κ3) is 4.54. The Morgan fingerprint density at radius 1 is 1.48 bits per heavy atom. The zero-order valence-electron chi connectivity index (χ0n) is 11.4. The number of esters is 1. The van der Waals surface area contributed by atoms with Crippen LogP contribution in [0.4, 0.5) is 0 Å². The van der Waals surface area contributed by atoms with Crippen molar-refractivity contribution in [1.29, 1.82) is 0 Å². The quantitative estimate of drug-likeness (QED) is 0.737. The number of ether oxygens (including phenoxy) is 1. The molecule has 0 saturated carbocycles. The number of carbonyl (C=O) groups excluding carboxylic acids is 1. The highest BCUT2D eigenvalue weighted by Crippen LogP contribution is 2.28. The van der Waals surface area contributed by atoms with Gasteiger partial charge in [-0.15, -0.1) is 11.3 Å². The molecule has 0 aliphatic heterocycles. The first-order valence-electron chi connectivity index (χ1n) is 6.49. The largest absolute Gasteiger partial charge is 0.465 e. The molecule has 1 aromatic heterocycles. The Kier molecular flexibility index (Phi) is 6.23. The Balaban J connectivity index is 2.20. The highest BCUT2D eigenvalue weighted by atomic mass is 79.9. The first-order chi connectivity index (χ1) is 10.1. The zero-order valence-corrected chi connectivity index (χ0v) is 14.6. The number of hydrogen-bond donors (Lipinski definition) is 1. The van der Waals surface area contributed by atoms with Crippen LogP contribution in [0.15, 0.2) is 40.2 Å². The third-order valence-electron chi connectivity index (χ3n) is 2.86. The molecule has 2 rings (SSSR count). The second-order valence-corrected chi connectivity index (χ2v) is 6.67. The molecule has 1 N–H and O–H groups in total. The number of rotatable bonds is 6. The molecule has 1 unspecified atom stereocenters. The lowest BCUT2D eigenvalue weighted by molar-refractivity contribution is -0.145. The standard InChI is InChI=1S/C15H15BrClNO2S/c1-2-20-15(19)14(18-9-11-4-3-7-21-11)12-6-5-10(16)8-13(12)17/h3-8,14,18H,2,9H2,1H3. The minimum Gasteiger partial charge on any atom is -0.465 e. The lowest BCUT2D eigenvalue weighted by Gasteiger charge is -2.18. The van der Waals surface area contributed by atoms with Gasteiger partial charge in [-0.2, -0.15) is 0 Å². The fourth-order valence-corrected chi connectivity index (χ4v) is 3.34. The van der Waals surface area contributed by atoms with Gasteiger partial charge in [-0.1, -0.05) is 39.7 Å². The molecular weight excluding hydrogens is 374 g/mol. The highest BCUT2D eigenvalue weighted by Gasteiger charge is 2.24. The molecule has 0 spiro atoms. The van der Waals surface area contributed by atoms with Crippen molar-refractivity contribution in [2.45, 2.75) is 19.5 Å². The summed E-state index contributed by atoms with van der Waals surface area (Å²) in [5.41, 5.74) is 0.717. The number of carbonyl (C=O) groups is 1. The molecule has 0 amide bonds. The van der Waals surface area contributed by atoms with Crippen LogP contribution in [0.25, 0.3) is 0 Å². The van der Waals surface area contributed by atoms with Crippen LogP contribution in [0.3, 0.4) is 0 Å². The molecule has 0 aliphatic carbocycles. The lowest BCUT2D eigenvalue weighted by Crippen LogP contribution is -2.30. The first kappa shape index (κ1) is 16.5. The fraction of sp³-hybridized carbons (Fsp3) is 0.267. The van der Waals surface area contributed by atoms with Gasteiger partial charge in [0.05, 0.1) is 6.61 Å². The molecule has 0 fully saturated rings. The van der Waals surface area contributed by atoms with Gasteiger partial charge < -0.3 is 4.74 Å². The van der Waals surface area contributed by atoms with E-state index in [4.69, 9.17) is 16.3 Å². The van der Waals surface area contributed by atoms with Crippen molar-refractivity contribution in [2.75, 3.05) is 6.61 Å². The van der Waals surface area contributed by atoms with Gasteiger partial charge in [0.15, 0.2) is 0 Å². The van der Waals surface area contributed by atoms with Crippen molar-refractivity contribution in [3.63, 3.8) is 0 Å². The van der Waals surface area contributed by atoms with Crippen LogP contribution in [-0.4, -0.2) is 12.6 Å². The Morgan fingerprint density at radius 2 is 2.29 bits per heavy atom. The Morgan fingerprint density at radius 3 is 2.90 bits per heavy atom. The Bertz CT molecular complexity index is 604. The van der Waals surface area contributed by atoms with Gasteiger partial charge in [0.2, 0.25) is 0 Å². The van der Waals surface area contributed by atoms with Gasteiger partial charge in [0, 0.05) is 20.9 Å². The maximum Gasteiger partial charge on any atom is 0.327 e. The van der Waals surface area contributed by atoms with Crippen LogP contribution in [0.2, 0.25) is 5.02 Å². The fourth-order valence-electron chi connectivity index (χ4n) is 1.90. The number of hydrogen-bond acceptors (Lipinski definition) is 4. The van der Waals surface area contributed by atoms with E-state index in [0.29, 0.717) is 18.2 Å². The molecule has 2 aromatic rings. The number of halogens is 2. The van der Waals surface area contributed by atoms with Crippen molar-refractivity contribution < 1.29 is 9.53 Å². The van der Waals surface area contributed by atoms with Crippen LogP contribution in [0.1, 0.15) is 23.4 Å². The summed E-state index contributed by atoms with van der Waals surface area (Å²) >= 11 is 11.3. The van der Waals surface area contributed by atoms with E-state index in [2.05, 4.69) is 21.2 Å². The molecule has 0 radical (unpaired) electrons. The summed E-state index contributed by atoms with van der Waals surface area (Å²) in [6.07, 6.45) is 0. The molecule has 0 aliphatic rings. The highest BCUT2D eigenvalue weighted by molar-refractivity contribution is 9.10. The predicted molar refractivity (Wildman–Crippen MR) is 89.7 cm³/mol. The summed E-state index contributed by atoms with van der Waals surface area (Å²) in [5.74, 6) is -0.321. The van der Waals surface area contributed by atoms with Gasteiger partial charge in [-0.3, -0.25) is 5.32 Å². The normalized spacial score (nSPS) is 12.1. The van der Waals surface area contributed by atoms with Gasteiger partial charge >= 0.3 is 5.97 Å². The summed E-state index contributed by atoms with van der Waals surface area (Å²) < 4.78 is 6.02. The van der Waals surface area contributed by atoms with Crippen LogP contribution in [-0.2, 0) is 16.1 Å². The van der Waals surface area contributed by atoms with Crippen LogP contribution in [0, 0.1) is 0 Å². The van der Waals surface area contributed by atoms with Crippen LogP contribution < -0.4 is 5.32 Å². The lowest BCUT2D eigenvalue weighted by atomic mass is 10.1. The predicted octanol–water partition coefficient (Wildman–Crippen LogP) is 4.56. The maximum atomic E-state index is 12.2. The van der Waals surface area contributed by atoms with E-state index in [1.165, 1.54) is 0 Å². The van der Waals surface area contributed by atoms with Crippen molar-refractivity contribution in [3.05, 3.63) is 55.6 Å². The van der Waals surface area contributed by atoms with E-state index >= 15 is 0 Å². The monoisotopic (exact) mass is 387 g/mol. The Hall–Kier alpha value is -0.880. The van der Waals surface area contributed by atoms with E-state index in [0.717, 1.165) is 14.9 Å². The molecule has 112 valence electrons. The average Bonchev–Trinajstić information content (AvgIpc) is 2.94. The summed E-state index contributed by atoms with van der Waals surface area (Å²) in [7, 11) is 0. The molecule has 6 heteroatoms. The van der Waals surface area contributed by atoms with Gasteiger partial charge in [-0.25, -0.2) is 4.79 Å². The van der Waals surface area contributed by atoms with Crippen LogP contribution in [0.5, 0.6) is 0 Å². The van der Waals surface area contributed by atoms with Gasteiger partial charge in [0.1, 0.15) is 6.04 Å². The Labute approximate surface area is 141 Å². The second-order valence-electron chi connectivity index (χ2n) is 4.31. The summed E-state index contributed by atoms with van der Waals surface area (Å²) in [6.45, 7) is 2.72. The third-order valence-corrected chi connectivity index (χ3v) is 4.55. The molecule has 3 nitrogen and oxygen atoms in total.